The summed E-state index contributed by atoms with van der Waals surface area (Å²) >= 11 is 0. The van der Waals surface area contributed by atoms with Crippen LogP contribution in [0.15, 0.2) is 30.3 Å². The molecule has 0 aliphatic heterocycles. The largest absolute Gasteiger partial charge is 0.507 e. The number of hydrogen-bond acceptors (Lipinski definition) is 1. The number of aromatic hydroxyl groups is 1. The molecule has 0 bridgehead atoms. The van der Waals surface area contributed by atoms with Crippen LogP contribution >= 0.6 is 0 Å². The van der Waals surface area contributed by atoms with Crippen molar-refractivity contribution in [3.05, 3.63) is 41.5 Å². The lowest BCUT2D eigenvalue weighted by Crippen LogP contribution is -1.85. The maximum Gasteiger partial charge on any atom is 0.126 e. The summed E-state index contributed by atoms with van der Waals surface area (Å²) in [5, 5.41) is 12.1. The van der Waals surface area contributed by atoms with Crippen molar-refractivity contribution in [2.75, 3.05) is 0 Å². The van der Waals surface area contributed by atoms with Crippen LogP contribution in [0, 0.1) is 0 Å². The van der Waals surface area contributed by atoms with Crippen LogP contribution in [-0.4, -0.2) is 5.11 Å². The molecule has 0 spiro atoms. The van der Waals surface area contributed by atoms with Crippen molar-refractivity contribution in [2.45, 2.75) is 26.7 Å². The van der Waals surface area contributed by atoms with Gasteiger partial charge in [0.2, 0.25) is 0 Å². The summed E-state index contributed by atoms with van der Waals surface area (Å²) < 4.78 is 0. The highest BCUT2D eigenvalue weighted by Crippen LogP contribution is 2.29. The normalized spacial score (nSPS) is 10.8. The SMILES string of the molecule is CCc1ccc2c(O)c(CC)ccc2c1. The van der Waals surface area contributed by atoms with Gasteiger partial charge in [0.1, 0.15) is 5.75 Å². The Morgan fingerprint density at radius 1 is 1.00 bits per heavy atom. The van der Waals surface area contributed by atoms with Crippen molar-refractivity contribution in [3.63, 3.8) is 0 Å². The molecule has 78 valence electrons. The number of hydrogen-bond donors (Lipinski definition) is 1. The Labute approximate surface area is 90.4 Å². The third-order valence-corrected chi connectivity index (χ3v) is 2.93. The molecule has 0 unspecified atom stereocenters. The van der Waals surface area contributed by atoms with Crippen molar-refractivity contribution >= 4 is 10.8 Å². The zero-order chi connectivity index (χ0) is 10.8. The van der Waals surface area contributed by atoms with E-state index < -0.39 is 0 Å². The lowest BCUT2D eigenvalue weighted by molar-refractivity contribution is 0.475. The van der Waals surface area contributed by atoms with E-state index in [1.54, 1.807) is 0 Å². The summed E-state index contributed by atoms with van der Waals surface area (Å²) in [5.74, 6) is 0.442. The Morgan fingerprint density at radius 2 is 1.80 bits per heavy atom. The standard InChI is InChI=1S/C14H16O/c1-3-10-5-8-13-12(9-10)7-6-11(4-2)14(13)15/h5-9,15H,3-4H2,1-2H3. The molecular weight excluding hydrogens is 184 g/mol. The van der Waals surface area contributed by atoms with Crippen molar-refractivity contribution in [1.82, 2.24) is 0 Å². The third-order valence-electron chi connectivity index (χ3n) is 2.93. The monoisotopic (exact) mass is 200 g/mol. The molecule has 0 amide bonds. The van der Waals surface area contributed by atoms with E-state index in [2.05, 4.69) is 32.0 Å². The van der Waals surface area contributed by atoms with Crippen LogP contribution in [0.5, 0.6) is 5.75 Å². The van der Waals surface area contributed by atoms with Gasteiger partial charge in [-0.05, 0) is 29.4 Å². The lowest BCUT2D eigenvalue weighted by atomic mass is 10.0. The second-order valence-electron chi connectivity index (χ2n) is 3.84. The van der Waals surface area contributed by atoms with Gasteiger partial charge in [-0.3, -0.25) is 0 Å². The molecular formula is C14H16O. The fraction of sp³-hybridized carbons (Fsp3) is 0.286. The number of fused-ring (bicyclic) bond motifs is 1. The average Bonchev–Trinajstić information content (AvgIpc) is 2.29. The molecule has 0 radical (unpaired) electrons. The van der Waals surface area contributed by atoms with E-state index in [4.69, 9.17) is 0 Å². The summed E-state index contributed by atoms with van der Waals surface area (Å²) in [6.45, 7) is 4.20. The Bertz CT molecular complexity index is 486. The quantitative estimate of drug-likeness (QED) is 0.784. The first-order valence-corrected chi connectivity index (χ1v) is 5.49. The molecule has 0 atom stereocenters. The predicted octanol–water partition coefficient (Wildman–Crippen LogP) is 3.67. The fourth-order valence-electron chi connectivity index (χ4n) is 1.91. The third kappa shape index (κ3) is 1.70. The van der Waals surface area contributed by atoms with Gasteiger partial charge < -0.3 is 5.11 Å². The van der Waals surface area contributed by atoms with Gasteiger partial charge in [-0.25, -0.2) is 0 Å². The second-order valence-corrected chi connectivity index (χ2v) is 3.84. The molecule has 1 heteroatoms. The molecule has 2 aromatic carbocycles. The zero-order valence-corrected chi connectivity index (χ0v) is 9.25. The predicted molar refractivity (Wildman–Crippen MR) is 64.4 cm³/mol. The fourth-order valence-corrected chi connectivity index (χ4v) is 1.91. The zero-order valence-electron chi connectivity index (χ0n) is 9.25. The van der Waals surface area contributed by atoms with E-state index in [0.29, 0.717) is 5.75 Å². The summed E-state index contributed by atoms with van der Waals surface area (Å²) in [5.41, 5.74) is 2.33. The smallest absolute Gasteiger partial charge is 0.126 e. The average molecular weight is 200 g/mol. The highest BCUT2D eigenvalue weighted by Gasteiger charge is 2.04. The van der Waals surface area contributed by atoms with Crippen LogP contribution in [0.4, 0.5) is 0 Å². The van der Waals surface area contributed by atoms with Crippen LogP contribution in [0.1, 0.15) is 25.0 Å². The van der Waals surface area contributed by atoms with Gasteiger partial charge in [0.05, 0.1) is 0 Å². The van der Waals surface area contributed by atoms with Gasteiger partial charge in [-0.15, -0.1) is 0 Å². The maximum absolute atomic E-state index is 10.0. The van der Waals surface area contributed by atoms with E-state index in [0.717, 1.165) is 29.2 Å². The molecule has 1 N–H and O–H groups in total. The van der Waals surface area contributed by atoms with Crippen LogP contribution in [0.2, 0.25) is 0 Å². The highest BCUT2D eigenvalue weighted by molar-refractivity contribution is 5.89. The summed E-state index contributed by atoms with van der Waals surface area (Å²) in [6, 6.07) is 10.4. The van der Waals surface area contributed by atoms with Crippen molar-refractivity contribution < 1.29 is 5.11 Å². The minimum Gasteiger partial charge on any atom is -0.507 e. The minimum atomic E-state index is 0.442. The highest BCUT2D eigenvalue weighted by atomic mass is 16.3. The number of phenolic OH excluding ortho intramolecular Hbond substituents is 1. The molecule has 1 nitrogen and oxygen atoms in total. The molecule has 0 heterocycles. The van der Waals surface area contributed by atoms with E-state index in [1.165, 1.54) is 5.56 Å². The van der Waals surface area contributed by atoms with Gasteiger partial charge in [-0.1, -0.05) is 44.2 Å². The molecule has 0 aliphatic rings. The molecule has 15 heavy (non-hydrogen) atoms. The van der Waals surface area contributed by atoms with Crippen LogP contribution in [0.25, 0.3) is 10.8 Å². The number of rotatable bonds is 2. The lowest BCUT2D eigenvalue weighted by Gasteiger charge is -2.07. The van der Waals surface area contributed by atoms with E-state index >= 15 is 0 Å². The first-order valence-electron chi connectivity index (χ1n) is 5.49. The second kappa shape index (κ2) is 3.93. The summed E-state index contributed by atoms with van der Waals surface area (Å²) in [6.07, 6.45) is 1.91. The van der Waals surface area contributed by atoms with Gasteiger partial charge in [0, 0.05) is 5.39 Å². The molecule has 0 saturated heterocycles. The molecule has 0 aliphatic carbocycles. The molecule has 0 fully saturated rings. The molecule has 0 aromatic heterocycles. The van der Waals surface area contributed by atoms with Gasteiger partial charge in [-0.2, -0.15) is 0 Å². The number of aryl methyl sites for hydroxylation is 2. The van der Waals surface area contributed by atoms with Gasteiger partial charge in [0.15, 0.2) is 0 Å². The number of benzene rings is 2. The maximum atomic E-state index is 10.0. The van der Waals surface area contributed by atoms with E-state index in [1.807, 2.05) is 12.1 Å². The van der Waals surface area contributed by atoms with E-state index in [9.17, 15) is 5.11 Å². The number of phenols is 1. The van der Waals surface area contributed by atoms with E-state index in [-0.39, 0.29) is 0 Å². The van der Waals surface area contributed by atoms with Crippen LogP contribution < -0.4 is 0 Å². The Morgan fingerprint density at radius 3 is 2.47 bits per heavy atom. The molecule has 0 saturated carbocycles. The van der Waals surface area contributed by atoms with Crippen LogP contribution in [-0.2, 0) is 12.8 Å². The first-order chi connectivity index (χ1) is 7.26. The van der Waals surface area contributed by atoms with Crippen molar-refractivity contribution in [2.24, 2.45) is 0 Å². The Balaban J connectivity index is 2.68. The summed E-state index contributed by atoms with van der Waals surface area (Å²) in [4.78, 5) is 0. The topological polar surface area (TPSA) is 20.2 Å². The van der Waals surface area contributed by atoms with Gasteiger partial charge >= 0.3 is 0 Å². The minimum absolute atomic E-state index is 0.442. The van der Waals surface area contributed by atoms with Crippen LogP contribution in [0.3, 0.4) is 0 Å². The Hall–Kier alpha value is -1.50. The van der Waals surface area contributed by atoms with Gasteiger partial charge in [0.25, 0.3) is 0 Å². The summed E-state index contributed by atoms with van der Waals surface area (Å²) in [7, 11) is 0. The first kappa shape index (κ1) is 10.0. The van der Waals surface area contributed by atoms with Crippen molar-refractivity contribution in [1.29, 1.82) is 0 Å². The van der Waals surface area contributed by atoms with Crippen molar-refractivity contribution in [3.8, 4) is 5.75 Å². The molecule has 2 aromatic rings. The molecule has 2 rings (SSSR count). The Kier molecular flexibility index (Phi) is 2.63.